The number of morpholine rings is 1. The van der Waals surface area contributed by atoms with Gasteiger partial charge in [-0.1, -0.05) is 23.7 Å². The zero-order chi connectivity index (χ0) is 21.7. The minimum absolute atomic E-state index is 0.00337. The third-order valence-electron chi connectivity index (χ3n) is 4.72. The summed E-state index contributed by atoms with van der Waals surface area (Å²) in [4.78, 5) is 26.6. The average molecular weight is 436 g/mol. The Morgan fingerprint density at radius 1 is 1.27 bits per heavy atom. The molecular formula is C20H26ClN5O4. The fourth-order valence-electron chi connectivity index (χ4n) is 3.39. The van der Waals surface area contributed by atoms with Crippen molar-refractivity contribution in [3.63, 3.8) is 0 Å². The molecule has 162 valence electrons. The zero-order valence-corrected chi connectivity index (χ0v) is 17.7. The van der Waals surface area contributed by atoms with Crippen molar-refractivity contribution in [2.24, 2.45) is 0 Å². The van der Waals surface area contributed by atoms with Crippen LogP contribution in [-0.2, 0) is 16.1 Å². The van der Waals surface area contributed by atoms with E-state index in [1.165, 1.54) is 10.9 Å². The number of aromatic nitrogens is 2. The minimum atomic E-state index is -0.579. The van der Waals surface area contributed by atoms with Crippen LogP contribution in [0.5, 0.6) is 0 Å². The number of amides is 3. The summed E-state index contributed by atoms with van der Waals surface area (Å²) in [6, 6.07) is 5.78. The van der Waals surface area contributed by atoms with E-state index in [4.69, 9.17) is 16.3 Å². The van der Waals surface area contributed by atoms with Crippen LogP contribution in [0.1, 0.15) is 25.5 Å². The van der Waals surface area contributed by atoms with Crippen LogP contribution in [0, 0.1) is 0 Å². The van der Waals surface area contributed by atoms with Gasteiger partial charge in [0.2, 0.25) is 5.91 Å². The average Bonchev–Trinajstić information content (AvgIpc) is 3.12. The number of rotatable bonds is 6. The van der Waals surface area contributed by atoms with E-state index in [1.807, 2.05) is 13.8 Å². The molecule has 1 aromatic heterocycles. The summed E-state index contributed by atoms with van der Waals surface area (Å²) in [7, 11) is 0. The SMILES string of the molecule is CC1CN(C(=O)Cn2cc(NC(=O)NC(CO)c3ccc(Cl)cc3)cn2)CC(C)O1. The number of nitrogens with zero attached hydrogens (tertiary/aromatic N) is 3. The molecule has 3 rings (SSSR count). The highest BCUT2D eigenvalue weighted by atomic mass is 35.5. The summed E-state index contributed by atoms with van der Waals surface area (Å²) in [5.74, 6) is -0.0563. The molecule has 0 saturated carbocycles. The van der Waals surface area contributed by atoms with E-state index >= 15 is 0 Å². The molecule has 1 aromatic carbocycles. The van der Waals surface area contributed by atoms with E-state index in [-0.39, 0.29) is 31.3 Å². The van der Waals surface area contributed by atoms with E-state index in [0.29, 0.717) is 23.8 Å². The van der Waals surface area contributed by atoms with Gasteiger partial charge in [-0.2, -0.15) is 5.10 Å². The molecule has 1 aliphatic rings. The number of hydrogen-bond acceptors (Lipinski definition) is 5. The number of benzene rings is 1. The third kappa shape index (κ3) is 5.94. The summed E-state index contributed by atoms with van der Waals surface area (Å²) >= 11 is 5.87. The first-order chi connectivity index (χ1) is 14.3. The third-order valence-corrected chi connectivity index (χ3v) is 4.97. The number of nitrogens with one attached hydrogen (secondary N) is 2. The number of urea groups is 1. The van der Waals surface area contributed by atoms with Gasteiger partial charge in [-0.05, 0) is 31.5 Å². The number of carbonyl (C=O) groups is 2. The van der Waals surface area contributed by atoms with E-state index in [9.17, 15) is 14.7 Å². The number of halogens is 1. The predicted octanol–water partition coefficient (Wildman–Crippen LogP) is 2.03. The fourth-order valence-corrected chi connectivity index (χ4v) is 3.52. The second-order valence-corrected chi connectivity index (χ2v) is 7.80. The number of carbonyl (C=O) groups excluding carboxylic acids is 2. The quantitative estimate of drug-likeness (QED) is 0.643. The van der Waals surface area contributed by atoms with Crippen molar-refractivity contribution in [2.75, 3.05) is 25.0 Å². The van der Waals surface area contributed by atoms with Crippen molar-refractivity contribution in [2.45, 2.75) is 38.6 Å². The number of ether oxygens (including phenoxy) is 1. The Kier molecular flexibility index (Phi) is 7.30. The normalized spacial score (nSPS) is 19.9. The predicted molar refractivity (Wildman–Crippen MR) is 112 cm³/mol. The van der Waals surface area contributed by atoms with Crippen LogP contribution < -0.4 is 10.6 Å². The van der Waals surface area contributed by atoms with E-state index in [1.54, 1.807) is 35.4 Å². The van der Waals surface area contributed by atoms with Crippen LogP contribution in [0.25, 0.3) is 0 Å². The highest BCUT2D eigenvalue weighted by Crippen LogP contribution is 2.17. The van der Waals surface area contributed by atoms with Gasteiger partial charge in [0.1, 0.15) is 6.54 Å². The summed E-state index contributed by atoms with van der Waals surface area (Å²) < 4.78 is 7.13. The van der Waals surface area contributed by atoms with Crippen molar-refractivity contribution >= 4 is 29.2 Å². The van der Waals surface area contributed by atoms with Crippen LogP contribution in [0.3, 0.4) is 0 Å². The van der Waals surface area contributed by atoms with Gasteiger partial charge < -0.3 is 25.4 Å². The molecular weight excluding hydrogens is 410 g/mol. The first-order valence-corrected chi connectivity index (χ1v) is 10.1. The molecule has 0 bridgehead atoms. The van der Waals surface area contributed by atoms with Crippen molar-refractivity contribution in [1.29, 1.82) is 0 Å². The van der Waals surface area contributed by atoms with E-state index in [0.717, 1.165) is 5.56 Å². The summed E-state index contributed by atoms with van der Waals surface area (Å²) in [6.45, 7) is 4.78. The molecule has 3 unspecified atom stereocenters. The monoisotopic (exact) mass is 435 g/mol. The molecule has 1 fully saturated rings. The van der Waals surface area contributed by atoms with E-state index in [2.05, 4.69) is 15.7 Å². The molecule has 1 aliphatic heterocycles. The molecule has 3 amide bonds. The Balaban J connectivity index is 1.53. The topological polar surface area (TPSA) is 109 Å². The lowest BCUT2D eigenvalue weighted by atomic mass is 10.1. The summed E-state index contributed by atoms with van der Waals surface area (Å²) in [5.41, 5.74) is 1.17. The Morgan fingerprint density at radius 2 is 1.93 bits per heavy atom. The molecule has 1 saturated heterocycles. The molecule has 9 nitrogen and oxygen atoms in total. The highest BCUT2D eigenvalue weighted by Gasteiger charge is 2.26. The number of aliphatic hydroxyl groups excluding tert-OH is 1. The summed E-state index contributed by atoms with van der Waals surface area (Å²) in [5, 5.41) is 19.7. The van der Waals surface area contributed by atoms with Crippen molar-refractivity contribution in [3.05, 3.63) is 47.2 Å². The second kappa shape index (κ2) is 9.92. The maximum atomic E-state index is 12.5. The molecule has 0 aliphatic carbocycles. The smallest absolute Gasteiger partial charge is 0.319 e. The van der Waals surface area contributed by atoms with Crippen LogP contribution in [0.15, 0.2) is 36.7 Å². The largest absolute Gasteiger partial charge is 0.394 e. The van der Waals surface area contributed by atoms with Crippen LogP contribution >= 0.6 is 11.6 Å². The van der Waals surface area contributed by atoms with Crippen LogP contribution in [-0.4, -0.2) is 63.6 Å². The van der Waals surface area contributed by atoms with Crippen LogP contribution in [0.2, 0.25) is 5.02 Å². The standard InChI is InChI=1S/C20H26ClN5O4/c1-13-8-25(9-14(2)30-13)19(28)11-26-10-17(7-22-26)23-20(29)24-18(12-27)15-3-5-16(21)6-4-15/h3-7,10,13-14,18,27H,8-9,11-12H2,1-2H3,(H2,23,24,29). The molecule has 2 heterocycles. The molecule has 2 aromatic rings. The van der Waals surface area contributed by atoms with Gasteiger partial charge in [-0.25, -0.2) is 4.79 Å². The Morgan fingerprint density at radius 3 is 2.57 bits per heavy atom. The van der Waals surface area contributed by atoms with Gasteiger partial charge >= 0.3 is 6.03 Å². The number of hydrogen-bond donors (Lipinski definition) is 3. The van der Waals surface area contributed by atoms with Gasteiger partial charge in [0, 0.05) is 24.3 Å². The molecule has 0 spiro atoms. The van der Waals surface area contributed by atoms with Gasteiger partial charge in [0.25, 0.3) is 0 Å². The van der Waals surface area contributed by atoms with Crippen molar-refractivity contribution in [3.8, 4) is 0 Å². The van der Waals surface area contributed by atoms with Gasteiger partial charge in [0.05, 0.1) is 36.7 Å². The lowest BCUT2D eigenvalue weighted by Crippen LogP contribution is -2.49. The number of anilines is 1. The Bertz CT molecular complexity index is 862. The minimum Gasteiger partial charge on any atom is -0.394 e. The fraction of sp³-hybridized carbons (Fsp3) is 0.450. The van der Waals surface area contributed by atoms with Crippen molar-refractivity contribution in [1.82, 2.24) is 20.0 Å². The first-order valence-electron chi connectivity index (χ1n) is 9.73. The first kappa shape index (κ1) is 22.1. The maximum Gasteiger partial charge on any atom is 0.319 e. The Hall–Kier alpha value is -2.62. The molecule has 10 heteroatoms. The van der Waals surface area contributed by atoms with Gasteiger partial charge in [-0.15, -0.1) is 0 Å². The molecule has 0 radical (unpaired) electrons. The Labute approximate surface area is 179 Å². The molecule has 3 atom stereocenters. The van der Waals surface area contributed by atoms with Gasteiger partial charge in [-0.3, -0.25) is 9.48 Å². The maximum absolute atomic E-state index is 12.5. The molecule has 30 heavy (non-hydrogen) atoms. The second-order valence-electron chi connectivity index (χ2n) is 7.37. The van der Waals surface area contributed by atoms with Gasteiger partial charge in [0.15, 0.2) is 0 Å². The number of aliphatic hydroxyl groups is 1. The lowest BCUT2D eigenvalue weighted by Gasteiger charge is -2.35. The van der Waals surface area contributed by atoms with E-state index < -0.39 is 12.1 Å². The van der Waals surface area contributed by atoms with Crippen molar-refractivity contribution < 1.29 is 19.4 Å². The lowest BCUT2D eigenvalue weighted by molar-refractivity contribution is -0.144. The highest BCUT2D eigenvalue weighted by molar-refractivity contribution is 6.30. The van der Waals surface area contributed by atoms with Crippen LogP contribution in [0.4, 0.5) is 10.5 Å². The molecule has 3 N–H and O–H groups in total. The zero-order valence-electron chi connectivity index (χ0n) is 16.9. The summed E-state index contributed by atoms with van der Waals surface area (Å²) in [6.07, 6.45) is 3.04.